The molecule has 0 aromatic heterocycles. The van der Waals surface area contributed by atoms with E-state index in [0.29, 0.717) is 35.4 Å². The zero-order valence-electron chi connectivity index (χ0n) is 11.4. The third-order valence-electron chi connectivity index (χ3n) is 2.93. The molecule has 1 amide bonds. The number of amides is 1. The molecule has 0 aliphatic carbocycles. The van der Waals surface area contributed by atoms with Crippen molar-refractivity contribution < 1.29 is 14.3 Å². The second kappa shape index (κ2) is 5.82. The standard InChI is InChI=1S/C14H20N2O3/c1-9(2)4-3-5-18-12-7-11-13(6-10(12)15)19-8-14(17)16-11/h6-7,9H,3-5,8,15H2,1-2H3,(H,16,17). The Morgan fingerprint density at radius 2 is 2.26 bits per heavy atom. The Balaban J connectivity index is 2.01. The number of hydrogen-bond acceptors (Lipinski definition) is 4. The molecule has 0 fully saturated rings. The van der Waals surface area contributed by atoms with Gasteiger partial charge in [0.1, 0.15) is 11.5 Å². The molecule has 0 saturated heterocycles. The van der Waals surface area contributed by atoms with Crippen LogP contribution in [-0.2, 0) is 4.79 Å². The average Bonchev–Trinajstić information content (AvgIpc) is 2.35. The van der Waals surface area contributed by atoms with Crippen molar-refractivity contribution in [3.05, 3.63) is 12.1 Å². The summed E-state index contributed by atoms with van der Waals surface area (Å²) in [6.07, 6.45) is 2.10. The smallest absolute Gasteiger partial charge is 0.262 e. The molecule has 2 rings (SSSR count). The molecule has 1 aromatic carbocycles. The van der Waals surface area contributed by atoms with E-state index in [9.17, 15) is 4.79 Å². The summed E-state index contributed by atoms with van der Waals surface area (Å²) in [5.74, 6) is 1.68. The number of benzene rings is 1. The number of carbonyl (C=O) groups excluding carboxylic acids is 1. The Morgan fingerprint density at radius 3 is 3.00 bits per heavy atom. The Bertz CT molecular complexity index is 472. The van der Waals surface area contributed by atoms with E-state index in [1.165, 1.54) is 0 Å². The van der Waals surface area contributed by atoms with Crippen molar-refractivity contribution in [2.24, 2.45) is 5.92 Å². The van der Waals surface area contributed by atoms with Gasteiger partial charge in [0.05, 0.1) is 18.0 Å². The van der Waals surface area contributed by atoms with Gasteiger partial charge in [0.25, 0.3) is 5.91 Å². The van der Waals surface area contributed by atoms with E-state index in [1.807, 2.05) is 0 Å². The van der Waals surface area contributed by atoms with Gasteiger partial charge in [0, 0.05) is 12.1 Å². The van der Waals surface area contributed by atoms with Crippen LogP contribution in [0.4, 0.5) is 11.4 Å². The fourth-order valence-electron chi connectivity index (χ4n) is 1.92. The van der Waals surface area contributed by atoms with Crippen molar-refractivity contribution in [1.29, 1.82) is 0 Å². The maximum Gasteiger partial charge on any atom is 0.262 e. The number of rotatable bonds is 5. The predicted molar refractivity (Wildman–Crippen MR) is 74.5 cm³/mol. The van der Waals surface area contributed by atoms with Crippen LogP contribution < -0.4 is 20.5 Å². The minimum Gasteiger partial charge on any atom is -0.491 e. The predicted octanol–water partition coefficient (Wildman–Crippen LogP) is 2.41. The quantitative estimate of drug-likeness (QED) is 0.632. The minimum absolute atomic E-state index is 0.0288. The number of anilines is 2. The van der Waals surface area contributed by atoms with Crippen LogP contribution in [0.1, 0.15) is 26.7 Å². The van der Waals surface area contributed by atoms with Gasteiger partial charge >= 0.3 is 0 Å². The average molecular weight is 264 g/mol. The number of nitrogen functional groups attached to an aromatic ring is 1. The zero-order chi connectivity index (χ0) is 13.8. The van der Waals surface area contributed by atoms with Crippen LogP contribution in [0.5, 0.6) is 11.5 Å². The highest BCUT2D eigenvalue weighted by Gasteiger charge is 2.18. The van der Waals surface area contributed by atoms with Gasteiger partial charge in [-0.25, -0.2) is 0 Å². The molecule has 3 N–H and O–H groups in total. The third-order valence-corrected chi connectivity index (χ3v) is 2.93. The van der Waals surface area contributed by atoms with E-state index < -0.39 is 0 Å². The van der Waals surface area contributed by atoms with E-state index >= 15 is 0 Å². The first-order chi connectivity index (χ1) is 9.06. The fourth-order valence-corrected chi connectivity index (χ4v) is 1.92. The number of nitrogens with two attached hydrogens (primary N) is 1. The van der Waals surface area contributed by atoms with E-state index in [0.717, 1.165) is 12.8 Å². The molecule has 1 aliphatic heterocycles. The van der Waals surface area contributed by atoms with Gasteiger partial charge in [-0.1, -0.05) is 13.8 Å². The van der Waals surface area contributed by atoms with Crippen molar-refractivity contribution in [3.8, 4) is 11.5 Å². The summed E-state index contributed by atoms with van der Waals surface area (Å²) >= 11 is 0. The Morgan fingerprint density at radius 1 is 1.47 bits per heavy atom. The Labute approximate surface area is 113 Å². The number of hydrogen-bond donors (Lipinski definition) is 2. The molecule has 1 aromatic rings. The van der Waals surface area contributed by atoms with Crippen LogP contribution >= 0.6 is 0 Å². The third kappa shape index (κ3) is 3.53. The van der Waals surface area contributed by atoms with Gasteiger partial charge in [-0.15, -0.1) is 0 Å². The maximum atomic E-state index is 11.2. The molecular weight excluding hydrogens is 244 g/mol. The molecule has 104 valence electrons. The van der Waals surface area contributed by atoms with Gasteiger partial charge in [-0.05, 0) is 18.8 Å². The molecule has 1 heterocycles. The molecule has 0 atom stereocenters. The van der Waals surface area contributed by atoms with Crippen molar-refractivity contribution in [3.63, 3.8) is 0 Å². The number of fused-ring (bicyclic) bond motifs is 1. The maximum absolute atomic E-state index is 11.2. The lowest BCUT2D eigenvalue weighted by Crippen LogP contribution is -2.25. The summed E-state index contributed by atoms with van der Waals surface area (Å²) in [5, 5.41) is 2.74. The number of carbonyl (C=O) groups is 1. The van der Waals surface area contributed by atoms with E-state index in [2.05, 4.69) is 19.2 Å². The summed E-state index contributed by atoms with van der Waals surface area (Å²) in [5.41, 5.74) is 7.05. The molecular formula is C14H20N2O3. The fraction of sp³-hybridized carbons (Fsp3) is 0.500. The van der Waals surface area contributed by atoms with Crippen LogP contribution in [0.15, 0.2) is 12.1 Å². The Hall–Kier alpha value is -1.91. The van der Waals surface area contributed by atoms with Gasteiger partial charge in [0.15, 0.2) is 6.61 Å². The zero-order valence-corrected chi connectivity index (χ0v) is 11.4. The summed E-state index contributed by atoms with van der Waals surface area (Å²) in [6, 6.07) is 3.41. The first-order valence-electron chi connectivity index (χ1n) is 6.55. The number of ether oxygens (including phenoxy) is 2. The lowest BCUT2D eigenvalue weighted by molar-refractivity contribution is -0.118. The topological polar surface area (TPSA) is 73.6 Å². The molecule has 0 unspecified atom stereocenters. The van der Waals surface area contributed by atoms with Gasteiger partial charge in [-0.3, -0.25) is 4.79 Å². The molecule has 0 saturated carbocycles. The van der Waals surface area contributed by atoms with Crippen LogP contribution in [-0.4, -0.2) is 19.1 Å². The summed E-state index contributed by atoms with van der Waals surface area (Å²) in [4.78, 5) is 11.2. The molecule has 5 heteroatoms. The van der Waals surface area contributed by atoms with Gasteiger partial charge < -0.3 is 20.5 Å². The first kappa shape index (κ1) is 13.5. The lowest BCUT2D eigenvalue weighted by atomic mass is 10.1. The molecule has 0 spiro atoms. The van der Waals surface area contributed by atoms with Crippen LogP contribution in [0.2, 0.25) is 0 Å². The SMILES string of the molecule is CC(C)CCCOc1cc2c(cc1N)OCC(=O)N2. The monoisotopic (exact) mass is 264 g/mol. The summed E-state index contributed by atoms with van der Waals surface area (Å²) in [6.45, 7) is 5.01. The van der Waals surface area contributed by atoms with Crippen molar-refractivity contribution in [2.45, 2.75) is 26.7 Å². The molecule has 0 radical (unpaired) electrons. The van der Waals surface area contributed by atoms with Crippen molar-refractivity contribution >= 4 is 17.3 Å². The van der Waals surface area contributed by atoms with Gasteiger partial charge in [0.2, 0.25) is 0 Å². The molecule has 1 aliphatic rings. The highest BCUT2D eigenvalue weighted by atomic mass is 16.5. The lowest BCUT2D eigenvalue weighted by Gasteiger charge is -2.20. The van der Waals surface area contributed by atoms with Crippen molar-refractivity contribution in [2.75, 3.05) is 24.3 Å². The summed E-state index contributed by atoms with van der Waals surface area (Å²) in [7, 11) is 0. The largest absolute Gasteiger partial charge is 0.491 e. The second-order valence-electron chi connectivity index (χ2n) is 5.11. The highest BCUT2D eigenvalue weighted by molar-refractivity contribution is 5.96. The summed E-state index contributed by atoms with van der Waals surface area (Å²) < 4.78 is 10.9. The van der Waals surface area contributed by atoms with Gasteiger partial charge in [-0.2, -0.15) is 0 Å². The highest BCUT2D eigenvalue weighted by Crippen LogP contribution is 2.36. The van der Waals surface area contributed by atoms with E-state index in [4.69, 9.17) is 15.2 Å². The normalized spacial score (nSPS) is 13.7. The molecule has 19 heavy (non-hydrogen) atoms. The first-order valence-corrected chi connectivity index (χ1v) is 6.55. The van der Waals surface area contributed by atoms with Crippen molar-refractivity contribution in [1.82, 2.24) is 0 Å². The van der Waals surface area contributed by atoms with Crippen LogP contribution in [0, 0.1) is 5.92 Å². The second-order valence-corrected chi connectivity index (χ2v) is 5.11. The van der Waals surface area contributed by atoms with E-state index in [1.54, 1.807) is 12.1 Å². The van der Waals surface area contributed by atoms with Crippen LogP contribution in [0.3, 0.4) is 0 Å². The minimum atomic E-state index is -0.164. The molecule has 5 nitrogen and oxygen atoms in total. The molecule has 0 bridgehead atoms. The van der Waals surface area contributed by atoms with E-state index in [-0.39, 0.29) is 12.5 Å². The number of nitrogens with one attached hydrogen (secondary N) is 1. The Kier molecular flexibility index (Phi) is 4.14. The van der Waals surface area contributed by atoms with Crippen LogP contribution in [0.25, 0.3) is 0 Å².